The first-order chi connectivity index (χ1) is 9.35. The average molecular weight is 283 g/mol. The van der Waals surface area contributed by atoms with Crippen LogP contribution in [0.25, 0.3) is 0 Å². The van der Waals surface area contributed by atoms with E-state index in [9.17, 15) is 14.7 Å². The van der Waals surface area contributed by atoms with Crippen molar-refractivity contribution in [3.8, 4) is 11.5 Å². The quantitative estimate of drug-likeness (QED) is 0.370. The van der Waals surface area contributed by atoms with Crippen molar-refractivity contribution in [2.75, 3.05) is 6.54 Å². The fourth-order valence-electron chi connectivity index (χ4n) is 1.53. The second-order valence-electron chi connectivity index (χ2n) is 4.26. The molecule has 0 saturated carbocycles. The minimum absolute atomic E-state index is 0.109. The Labute approximate surface area is 115 Å². The van der Waals surface area contributed by atoms with Gasteiger partial charge in [0.25, 0.3) is 0 Å². The summed E-state index contributed by atoms with van der Waals surface area (Å²) in [5.74, 6) is -2.35. The lowest BCUT2D eigenvalue weighted by Crippen LogP contribution is -2.51. The predicted molar refractivity (Wildman–Crippen MR) is 70.1 cm³/mol. The van der Waals surface area contributed by atoms with E-state index in [4.69, 9.17) is 21.7 Å². The summed E-state index contributed by atoms with van der Waals surface area (Å²) < 4.78 is 0. The summed E-state index contributed by atoms with van der Waals surface area (Å²) in [4.78, 5) is 22.6. The van der Waals surface area contributed by atoms with Gasteiger partial charge in [0.1, 0.15) is 17.5 Å². The Bertz CT molecular complexity index is 506. The van der Waals surface area contributed by atoms with Gasteiger partial charge in [0, 0.05) is 19.0 Å². The van der Waals surface area contributed by atoms with Crippen molar-refractivity contribution in [3.63, 3.8) is 0 Å². The van der Waals surface area contributed by atoms with E-state index < -0.39 is 24.0 Å². The van der Waals surface area contributed by atoms with Crippen molar-refractivity contribution in [2.24, 2.45) is 11.5 Å². The number of amides is 1. The smallest absolute Gasteiger partial charge is 0.326 e. The maximum absolute atomic E-state index is 11.5. The van der Waals surface area contributed by atoms with Gasteiger partial charge in [-0.1, -0.05) is 6.07 Å². The van der Waals surface area contributed by atoms with Crippen LogP contribution in [0, 0.1) is 0 Å². The van der Waals surface area contributed by atoms with Crippen LogP contribution < -0.4 is 16.8 Å². The first kappa shape index (κ1) is 15.7. The van der Waals surface area contributed by atoms with Gasteiger partial charge in [-0.05, 0) is 11.6 Å². The van der Waals surface area contributed by atoms with Gasteiger partial charge in [-0.25, -0.2) is 4.79 Å². The van der Waals surface area contributed by atoms with Crippen LogP contribution in [-0.2, 0) is 16.0 Å². The first-order valence-corrected chi connectivity index (χ1v) is 5.84. The van der Waals surface area contributed by atoms with Crippen molar-refractivity contribution in [3.05, 3.63) is 23.8 Å². The van der Waals surface area contributed by atoms with E-state index in [0.29, 0.717) is 0 Å². The predicted octanol–water partition coefficient (Wildman–Crippen LogP) is -1.50. The Morgan fingerprint density at radius 3 is 2.45 bits per heavy atom. The molecular weight excluding hydrogens is 266 g/mol. The molecule has 0 radical (unpaired) electrons. The molecule has 0 aromatic heterocycles. The van der Waals surface area contributed by atoms with Crippen LogP contribution in [0.4, 0.5) is 0 Å². The van der Waals surface area contributed by atoms with Gasteiger partial charge in [0.2, 0.25) is 5.91 Å². The molecule has 1 amide bonds. The summed E-state index contributed by atoms with van der Waals surface area (Å²) in [6.07, 6.45) is -0.148. The number of carbonyl (C=O) groups excluding carboxylic acids is 1. The van der Waals surface area contributed by atoms with E-state index in [1.165, 1.54) is 12.1 Å². The fraction of sp³-hybridized carbons (Fsp3) is 0.333. The number of nitrogens with one attached hydrogen (secondary N) is 1. The molecular formula is C12H17N3O5. The van der Waals surface area contributed by atoms with Gasteiger partial charge >= 0.3 is 5.97 Å². The maximum Gasteiger partial charge on any atom is 0.326 e. The van der Waals surface area contributed by atoms with Gasteiger partial charge in [-0.3, -0.25) is 4.79 Å². The first-order valence-electron chi connectivity index (χ1n) is 5.84. The number of carbonyl (C=O) groups is 2. The number of hydrogen-bond acceptors (Lipinski definition) is 6. The number of hydrogen-bond donors (Lipinski definition) is 6. The van der Waals surface area contributed by atoms with E-state index in [1.54, 1.807) is 0 Å². The molecule has 2 unspecified atom stereocenters. The lowest BCUT2D eigenvalue weighted by Gasteiger charge is -2.17. The standard InChI is InChI=1S/C12H17N3O5/c13-5-8(14)11(18)15-9(12(19)20)3-6-1-2-7(16)4-10(6)17/h1-2,4,8-9,16-17H,3,5,13-14H2,(H,15,18)(H,19,20). The van der Waals surface area contributed by atoms with Crippen LogP contribution in [0.3, 0.4) is 0 Å². The second kappa shape index (κ2) is 6.73. The average Bonchev–Trinajstić information content (AvgIpc) is 2.39. The van der Waals surface area contributed by atoms with E-state index in [1.807, 2.05) is 0 Å². The Balaban J connectivity index is 2.82. The fourth-order valence-corrected chi connectivity index (χ4v) is 1.53. The highest BCUT2D eigenvalue weighted by Crippen LogP contribution is 2.23. The molecule has 8 heteroatoms. The molecule has 1 rings (SSSR count). The lowest BCUT2D eigenvalue weighted by atomic mass is 10.0. The SMILES string of the molecule is NCC(N)C(=O)NC(Cc1ccc(O)cc1O)C(=O)O. The molecule has 1 aromatic carbocycles. The van der Waals surface area contributed by atoms with E-state index >= 15 is 0 Å². The van der Waals surface area contributed by atoms with Crippen LogP contribution in [0.1, 0.15) is 5.56 Å². The number of phenols is 2. The maximum atomic E-state index is 11.5. The summed E-state index contributed by atoms with van der Waals surface area (Å²) in [5.41, 5.74) is 10.9. The molecule has 0 bridgehead atoms. The van der Waals surface area contributed by atoms with Gasteiger partial charge in [-0.15, -0.1) is 0 Å². The molecule has 0 aliphatic rings. The van der Waals surface area contributed by atoms with E-state index in [-0.39, 0.29) is 30.0 Å². The van der Waals surface area contributed by atoms with Gasteiger partial charge in [0.05, 0.1) is 6.04 Å². The number of phenolic OH excluding ortho intramolecular Hbond substituents is 2. The van der Waals surface area contributed by atoms with Crippen molar-refractivity contribution >= 4 is 11.9 Å². The van der Waals surface area contributed by atoms with Crippen molar-refractivity contribution in [1.82, 2.24) is 5.32 Å². The molecule has 2 atom stereocenters. The van der Waals surface area contributed by atoms with Gasteiger partial charge in [-0.2, -0.15) is 0 Å². The van der Waals surface area contributed by atoms with Crippen molar-refractivity contribution in [1.29, 1.82) is 0 Å². The lowest BCUT2D eigenvalue weighted by molar-refractivity contribution is -0.141. The molecule has 0 spiro atoms. The minimum Gasteiger partial charge on any atom is -0.508 e. The monoisotopic (exact) mass is 283 g/mol. The summed E-state index contributed by atoms with van der Waals surface area (Å²) in [5, 5.41) is 30.1. The zero-order valence-electron chi connectivity index (χ0n) is 10.6. The summed E-state index contributed by atoms with van der Waals surface area (Å²) in [6.45, 7) is -0.109. The molecule has 0 aliphatic carbocycles. The topological polar surface area (TPSA) is 159 Å². The van der Waals surface area contributed by atoms with Gasteiger partial charge in [0.15, 0.2) is 0 Å². The Morgan fingerprint density at radius 1 is 1.30 bits per heavy atom. The summed E-state index contributed by atoms with van der Waals surface area (Å²) in [7, 11) is 0. The van der Waals surface area contributed by atoms with Crippen LogP contribution in [0.15, 0.2) is 18.2 Å². The van der Waals surface area contributed by atoms with Crippen LogP contribution in [0.5, 0.6) is 11.5 Å². The minimum atomic E-state index is -1.27. The molecule has 110 valence electrons. The van der Waals surface area contributed by atoms with Crippen LogP contribution in [-0.4, -0.2) is 45.8 Å². The third-order valence-corrected chi connectivity index (χ3v) is 2.70. The molecule has 0 fully saturated rings. The second-order valence-corrected chi connectivity index (χ2v) is 4.26. The highest BCUT2D eigenvalue weighted by Gasteiger charge is 2.24. The normalized spacial score (nSPS) is 13.5. The summed E-state index contributed by atoms with van der Waals surface area (Å²) >= 11 is 0. The number of nitrogens with two attached hydrogens (primary N) is 2. The van der Waals surface area contributed by atoms with Crippen LogP contribution in [0.2, 0.25) is 0 Å². The molecule has 20 heavy (non-hydrogen) atoms. The number of rotatable bonds is 6. The zero-order chi connectivity index (χ0) is 15.3. The largest absolute Gasteiger partial charge is 0.508 e. The Kier molecular flexibility index (Phi) is 5.30. The van der Waals surface area contributed by atoms with Crippen molar-refractivity contribution < 1.29 is 24.9 Å². The van der Waals surface area contributed by atoms with E-state index in [0.717, 1.165) is 6.07 Å². The molecule has 0 heterocycles. The van der Waals surface area contributed by atoms with E-state index in [2.05, 4.69) is 5.32 Å². The number of aromatic hydroxyl groups is 2. The van der Waals surface area contributed by atoms with Crippen molar-refractivity contribution in [2.45, 2.75) is 18.5 Å². The third-order valence-electron chi connectivity index (χ3n) is 2.70. The molecule has 8 nitrogen and oxygen atoms in total. The molecule has 8 N–H and O–H groups in total. The molecule has 1 aromatic rings. The zero-order valence-corrected chi connectivity index (χ0v) is 10.6. The Morgan fingerprint density at radius 2 is 1.95 bits per heavy atom. The highest BCUT2D eigenvalue weighted by atomic mass is 16.4. The number of carboxylic acid groups (broad SMARTS) is 1. The number of benzene rings is 1. The third kappa shape index (κ3) is 4.11. The number of carboxylic acids is 1. The van der Waals surface area contributed by atoms with Crippen LogP contribution >= 0.6 is 0 Å². The highest BCUT2D eigenvalue weighted by molar-refractivity contribution is 5.87. The molecule has 0 aliphatic heterocycles. The Hall–Kier alpha value is -2.32. The van der Waals surface area contributed by atoms with Gasteiger partial charge < -0.3 is 32.1 Å². The number of aliphatic carboxylic acids is 1. The summed E-state index contributed by atoms with van der Waals surface area (Å²) in [6, 6.07) is 1.51. The molecule has 0 saturated heterocycles.